The summed E-state index contributed by atoms with van der Waals surface area (Å²) in [5.41, 5.74) is 1.79. The van der Waals surface area contributed by atoms with Crippen LogP contribution in [0.1, 0.15) is 20.8 Å². The van der Waals surface area contributed by atoms with Crippen molar-refractivity contribution in [1.82, 2.24) is 0 Å². The van der Waals surface area contributed by atoms with Crippen molar-refractivity contribution in [2.24, 2.45) is 0 Å². The lowest BCUT2D eigenvalue weighted by molar-refractivity contribution is 0.104. The number of fused-ring (bicyclic) bond motifs is 1. The van der Waals surface area contributed by atoms with Crippen molar-refractivity contribution in [3.63, 3.8) is 0 Å². The number of hydrogen-bond donors (Lipinski definition) is 0. The molecule has 0 spiro atoms. The number of ether oxygens (including phenoxy) is 2. The molecule has 0 bridgehead atoms. The van der Waals surface area contributed by atoms with Gasteiger partial charge < -0.3 is 9.47 Å². The van der Waals surface area contributed by atoms with Gasteiger partial charge in [-0.2, -0.15) is 0 Å². The maximum atomic E-state index is 12.1. The molecule has 0 saturated carbocycles. The molecule has 2 heterocycles. The number of carbonyl (C=O) groups excluding carboxylic acids is 1. The highest BCUT2D eigenvalue weighted by atomic mass is 32.1. The van der Waals surface area contributed by atoms with E-state index < -0.39 is 0 Å². The number of ketones is 1. The van der Waals surface area contributed by atoms with Gasteiger partial charge in [-0.25, -0.2) is 0 Å². The van der Waals surface area contributed by atoms with Crippen LogP contribution in [-0.4, -0.2) is 12.6 Å². The molecule has 2 aromatic rings. The van der Waals surface area contributed by atoms with Gasteiger partial charge in [-0.15, -0.1) is 11.3 Å². The Morgan fingerprint density at radius 3 is 2.89 bits per heavy atom. The third-order valence-electron chi connectivity index (χ3n) is 2.94. The zero-order valence-electron chi connectivity index (χ0n) is 10.4. The zero-order valence-corrected chi connectivity index (χ0v) is 11.2. The van der Waals surface area contributed by atoms with Crippen molar-refractivity contribution < 1.29 is 14.3 Å². The van der Waals surface area contributed by atoms with E-state index in [4.69, 9.17) is 9.47 Å². The van der Waals surface area contributed by atoms with E-state index in [0.717, 1.165) is 4.88 Å². The fourth-order valence-electron chi connectivity index (χ4n) is 1.85. The average Bonchev–Trinajstić information content (AvgIpc) is 3.03. The van der Waals surface area contributed by atoms with Crippen molar-refractivity contribution in [3.05, 3.63) is 51.7 Å². The van der Waals surface area contributed by atoms with Crippen molar-refractivity contribution in [2.75, 3.05) is 6.79 Å². The van der Waals surface area contributed by atoms with E-state index in [1.807, 2.05) is 24.4 Å². The molecular formula is C15H12O3S. The molecule has 1 aromatic heterocycles. The van der Waals surface area contributed by atoms with Gasteiger partial charge in [0.05, 0.1) is 0 Å². The standard InChI is InChI=1S/C15H12O3S/c1-10-6-7-19-15(10)5-3-12(16)11-2-4-13-14(8-11)18-9-17-13/h2-8H,9H2,1H3/b5-3+. The van der Waals surface area contributed by atoms with E-state index in [1.54, 1.807) is 35.6 Å². The summed E-state index contributed by atoms with van der Waals surface area (Å²) in [6, 6.07) is 7.27. The summed E-state index contributed by atoms with van der Waals surface area (Å²) in [7, 11) is 0. The number of benzene rings is 1. The van der Waals surface area contributed by atoms with Crippen LogP contribution in [0.4, 0.5) is 0 Å². The molecule has 19 heavy (non-hydrogen) atoms. The first kappa shape index (κ1) is 12.0. The van der Waals surface area contributed by atoms with Crippen LogP contribution in [0.15, 0.2) is 35.7 Å². The third kappa shape index (κ3) is 2.39. The van der Waals surface area contributed by atoms with Crippen LogP contribution in [0.25, 0.3) is 6.08 Å². The first-order valence-corrected chi connectivity index (χ1v) is 6.78. The minimum atomic E-state index is -0.0360. The van der Waals surface area contributed by atoms with Crippen molar-refractivity contribution in [1.29, 1.82) is 0 Å². The predicted molar refractivity (Wildman–Crippen MR) is 75.0 cm³/mol. The summed E-state index contributed by atoms with van der Waals surface area (Å²) in [6.07, 6.45) is 3.45. The Morgan fingerprint density at radius 1 is 1.26 bits per heavy atom. The second kappa shape index (κ2) is 4.90. The molecule has 1 aliphatic rings. The summed E-state index contributed by atoms with van der Waals surface area (Å²) in [6.45, 7) is 2.25. The summed E-state index contributed by atoms with van der Waals surface area (Å²) < 4.78 is 10.5. The molecule has 0 unspecified atom stereocenters. The Balaban J connectivity index is 1.81. The summed E-state index contributed by atoms with van der Waals surface area (Å²) >= 11 is 1.62. The Labute approximate surface area is 115 Å². The van der Waals surface area contributed by atoms with E-state index in [1.165, 1.54) is 5.56 Å². The van der Waals surface area contributed by atoms with E-state index in [-0.39, 0.29) is 12.6 Å². The molecule has 1 aromatic carbocycles. The SMILES string of the molecule is Cc1ccsc1/C=C/C(=O)c1ccc2c(c1)OCO2. The van der Waals surface area contributed by atoms with Gasteiger partial charge in [-0.05, 0) is 54.3 Å². The molecule has 0 saturated heterocycles. The molecule has 1 aliphatic heterocycles. The van der Waals surface area contributed by atoms with Crippen LogP contribution in [0, 0.1) is 6.92 Å². The summed E-state index contributed by atoms with van der Waals surface area (Å²) in [5, 5.41) is 2.01. The van der Waals surface area contributed by atoms with Crippen LogP contribution >= 0.6 is 11.3 Å². The van der Waals surface area contributed by atoms with Crippen LogP contribution < -0.4 is 9.47 Å². The Hall–Kier alpha value is -2.07. The van der Waals surface area contributed by atoms with Gasteiger partial charge in [-0.1, -0.05) is 0 Å². The van der Waals surface area contributed by atoms with Gasteiger partial charge in [-0.3, -0.25) is 4.79 Å². The first-order chi connectivity index (χ1) is 9.24. The van der Waals surface area contributed by atoms with E-state index >= 15 is 0 Å². The minimum Gasteiger partial charge on any atom is -0.454 e. The van der Waals surface area contributed by atoms with Gasteiger partial charge in [0.2, 0.25) is 6.79 Å². The number of allylic oxidation sites excluding steroid dienone is 1. The largest absolute Gasteiger partial charge is 0.454 e. The molecule has 4 heteroatoms. The zero-order chi connectivity index (χ0) is 13.2. The van der Waals surface area contributed by atoms with Crippen LogP contribution in [0.3, 0.4) is 0 Å². The van der Waals surface area contributed by atoms with Crippen molar-refractivity contribution >= 4 is 23.2 Å². The lowest BCUT2D eigenvalue weighted by atomic mass is 10.1. The first-order valence-electron chi connectivity index (χ1n) is 5.90. The second-order valence-corrected chi connectivity index (χ2v) is 5.18. The quantitative estimate of drug-likeness (QED) is 0.631. The van der Waals surface area contributed by atoms with Crippen LogP contribution in [-0.2, 0) is 0 Å². The van der Waals surface area contributed by atoms with Gasteiger partial charge in [0, 0.05) is 10.4 Å². The fraction of sp³-hybridized carbons (Fsp3) is 0.133. The number of carbonyl (C=O) groups is 1. The Kier molecular flexibility index (Phi) is 3.09. The Bertz CT molecular complexity index is 655. The molecule has 0 aliphatic carbocycles. The molecule has 96 valence electrons. The van der Waals surface area contributed by atoms with E-state index in [0.29, 0.717) is 17.1 Å². The highest BCUT2D eigenvalue weighted by molar-refractivity contribution is 7.11. The average molecular weight is 272 g/mol. The fourth-order valence-corrected chi connectivity index (χ4v) is 2.67. The number of rotatable bonds is 3. The number of aryl methyl sites for hydroxylation is 1. The third-order valence-corrected chi connectivity index (χ3v) is 3.93. The lowest BCUT2D eigenvalue weighted by Gasteiger charge is -1.99. The highest BCUT2D eigenvalue weighted by Gasteiger charge is 2.15. The molecule has 0 atom stereocenters. The molecular weight excluding hydrogens is 260 g/mol. The lowest BCUT2D eigenvalue weighted by Crippen LogP contribution is -1.94. The molecule has 3 nitrogen and oxygen atoms in total. The topological polar surface area (TPSA) is 35.5 Å². The monoisotopic (exact) mass is 272 g/mol. The molecule has 3 rings (SSSR count). The van der Waals surface area contributed by atoms with Crippen molar-refractivity contribution in [2.45, 2.75) is 6.92 Å². The number of hydrogen-bond acceptors (Lipinski definition) is 4. The van der Waals surface area contributed by atoms with Gasteiger partial charge >= 0.3 is 0 Å². The van der Waals surface area contributed by atoms with Gasteiger partial charge in [0.25, 0.3) is 0 Å². The van der Waals surface area contributed by atoms with Gasteiger partial charge in [0.1, 0.15) is 0 Å². The predicted octanol–water partition coefficient (Wildman–Crippen LogP) is 3.68. The smallest absolute Gasteiger partial charge is 0.231 e. The molecule has 0 radical (unpaired) electrons. The van der Waals surface area contributed by atoms with Gasteiger partial charge in [0.15, 0.2) is 17.3 Å². The normalized spacial score (nSPS) is 13.1. The molecule has 0 N–H and O–H groups in total. The van der Waals surface area contributed by atoms with Crippen molar-refractivity contribution in [3.8, 4) is 11.5 Å². The Morgan fingerprint density at radius 2 is 2.11 bits per heavy atom. The summed E-state index contributed by atoms with van der Waals surface area (Å²) in [5.74, 6) is 1.28. The number of thiophene rings is 1. The molecule has 0 fully saturated rings. The maximum Gasteiger partial charge on any atom is 0.231 e. The van der Waals surface area contributed by atoms with E-state index in [9.17, 15) is 4.79 Å². The highest BCUT2D eigenvalue weighted by Crippen LogP contribution is 2.32. The molecule has 0 amide bonds. The minimum absolute atomic E-state index is 0.0360. The van der Waals surface area contributed by atoms with E-state index in [2.05, 4.69) is 0 Å². The second-order valence-electron chi connectivity index (χ2n) is 4.23. The van der Waals surface area contributed by atoms with Crippen LogP contribution in [0.2, 0.25) is 0 Å². The summed E-state index contributed by atoms with van der Waals surface area (Å²) in [4.78, 5) is 13.2. The van der Waals surface area contributed by atoms with Crippen LogP contribution in [0.5, 0.6) is 11.5 Å². The maximum absolute atomic E-state index is 12.1.